The molecule has 3 rings (SSSR count). The predicted octanol–water partition coefficient (Wildman–Crippen LogP) is 8.62. The monoisotopic (exact) mass is 623 g/mol. The number of amides is 2. The molecule has 1 aliphatic carbocycles. The Morgan fingerprint density at radius 2 is 1.66 bits per heavy atom. The van der Waals surface area contributed by atoms with Crippen molar-refractivity contribution in [2.45, 2.75) is 37.4 Å². The molecule has 2 aromatic carbocycles. The molecule has 206 valence electrons. The Balaban J connectivity index is 1.82. The van der Waals surface area contributed by atoms with Crippen LogP contribution in [0.2, 0.25) is 15.1 Å². The molecule has 0 heterocycles. The molecular formula is C23H18Cl3F7N2O2P+. The van der Waals surface area contributed by atoms with E-state index in [2.05, 4.69) is 5.32 Å². The van der Waals surface area contributed by atoms with E-state index < -0.39 is 55.3 Å². The average molecular weight is 625 g/mol. The number of nitrogens with one attached hydrogen (secondary N) is 2. The fourth-order valence-corrected chi connectivity index (χ4v) is 4.53. The molecule has 15 heteroatoms. The van der Waals surface area contributed by atoms with Crippen molar-refractivity contribution >= 4 is 60.6 Å². The second-order valence-electron chi connectivity index (χ2n) is 8.61. The van der Waals surface area contributed by atoms with Gasteiger partial charge in [-0.3, -0.25) is 9.59 Å². The smallest absolute Gasteiger partial charge is 0.338 e. The Labute approximate surface area is 228 Å². The zero-order chi connectivity index (χ0) is 28.6. The molecule has 0 spiro atoms. The summed E-state index contributed by atoms with van der Waals surface area (Å²) in [5, 5.41) is 3.53. The lowest BCUT2D eigenvalue weighted by Gasteiger charge is -2.19. The predicted molar refractivity (Wildman–Crippen MR) is 133 cm³/mol. The first-order chi connectivity index (χ1) is 17.4. The molecule has 1 atom stereocenters. The van der Waals surface area contributed by atoms with E-state index in [1.807, 2.05) is 0 Å². The molecule has 38 heavy (non-hydrogen) atoms. The number of carbonyl (C=O) groups is 2. The van der Waals surface area contributed by atoms with Gasteiger partial charge in [-0.1, -0.05) is 40.9 Å². The largest absolute Gasteiger partial charge is 0.588 e. The molecule has 2 aromatic rings. The number of rotatable bonds is 8. The average Bonchev–Trinajstić information content (AvgIpc) is 3.58. The van der Waals surface area contributed by atoms with Gasteiger partial charge in [-0.2, -0.15) is 13.2 Å². The molecule has 1 unspecified atom stereocenters. The summed E-state index contributed by atoms with van der Waals surface area (Å²) in [5.41, 5.74) is -2.08. The number of hydrogen-bond acceptors (Lipinski definition) is 2. The lowest BCUT2D eigenvalue weighted by atomic mass is 9.95. The van der Waals surface area contributed by atoms with Crippen LogP contribution >= 0.6 is 43.0 Å². The van der Waals surface area contributed by atoms with Gasteiger partial charge in [0.2, 0.25) is 12.2 Å². The van der Waals surface area contributed by atoms with Crippen molar-refractivity contribution in [1.82, 2.24) is 10.6 Å². The maximum Gasteiger partial charge on any atom is 0.588 e. The number of benzene rings is 2. The Hall–Kier alpha value is -2.07. The number of allylic oxidation sites excluding steroid dienone is 1. The van der Waals surface area contributed by atoms with E-state index in [4.69, 9.17) is 34.8 Å². The first kappa shape index (κ1) is 30.5. The van der Waals surface area contributed by atoms with Crippen molar-refractivity contribution in [3.05, 3.63) is 73.7 Å². The van der Waals surface area contributed by atoms with Crippen LogP contribution < -0.4 is 10.6 Å². The highest BCUT2D eigenvalue weighted by molar-refractivity contribution is 7.60. The van der Waals surface area contributed by atoms with Crippen molar-refractivity contribution in [1.29, 1.82) is 0 Å². The van der Waals surface area contributed by atoms with Crippen LogP contribution in [0.15, 0.2) is 36.4 Å². The van der Waals surface area contributed by atoms with Crippen LogP contribution in [0, 0.1) is 6.92 Å². The molecule has 0 aliphatic heterocycles. The minimum atomic E-state index is -5.75. The lowest BCUT2D eigenvalue weighted by Crippen LogP contribution is -2.49. The zero-order valence-electron chi connectivity index (χ0n) is 19.2. The molecular weight excluding hydrogens is 607 g/mol. The molecule has 0 aromatic heterocycles. The number of alkyl halides is 3. The highest BCUT2D eigenvalue weighted by atomic mass is 35.5. The molecule has 1 fully saturated rings. The summed E-state index contributed by atoms with van der Waals surface area (Å²) in [6, 6.07) is 5.19. The fourth-order valence-electron chi connectivity index (χ4n) is 3.59. The van der Waals surface area contributed by atoms with Crippen molar-refractivity contribution in [3.8, 4) is 0 Å². The lowest BCUT2D eigenvalue weighted by molar-refractivity contribution is -0.139. The quantitative estimate of drug-likeness (QED) is 0.176. The summed E-state index contributed by atoms with van der Waals surface area (Å²) >= 11 is 17.5. The molecule has 1 saturated carbocycles. The van der Waals surface area contributed by atoms with Crippen LogP contribution in [-0.2, 0) is 4.79 Å². The molecule has 0 saturated heterocycles. The van der Waals surface area contributed by atoms with Gasteiger partial charge in [0.15, 0.2) is 0 Å². The van der Waals surface area contributed by atoms with Crippen LogP contribution in [0.1, 0.15) is 45.8 Å². The highest BCUT2D eigenvalue weighted by Crippen LogP contribution is 2.63. The Kier molecular flexibility index (Phi) is 8.98. The van der Waals surface area contributed by atoms with Gasteiger partial charge in [-0.05, 0) is 61.2 Å². The van der Waals surface area contributed by atoms with Gasteiger partial charge in [-0.25, -0.2) is 4.39 Å². The first-order valence-electron chi connectivity index (χ1n) is 10.7. The zero-order valence-corrected chi connectivity index (χ0v) is 22.4. The van der Waals surface area contributed by atoms with E-state index in [9.17, 15) is 39.7 Å². The third-order valence-electron chi connectivity index (χ3n) is 5.73. The van der Waals surface area contributed by atoms with Crippen LogP contribution in [-0.4, -0.2) is 29.8 Å². The standard InChI is InChI=1S/C23H17Cl3F7N2O2P/c1-11-6-12(18(27)9-15(23(28,29)30)13-7-16(24)19(26)17(25)8-13)2-3-14(11)20(36)35-22(4-5-22)21(37)34-10-38(31,32)33/h2-3,6-9,15H,4-5,10H2,1H3,(H-,34,35,36,37)/p+1/b18-9-. The fraction of sp³-hybridized carbons (Fsp3) is 0.304. The summed E-state index contributed by atoms with van der Waals surface area (Å²) in [5.74, 6) is -5.44. The second-order valence-corrected chi connectivity index (χ2v) is 11.2. The van der Waals surface area contributed by atoms with E-state index in [1.54, 1.807) is 5.32 Å². The number of aryl methyl sites for hydroxylation is 1. The Bertz CT molecular complexity index is 1270. The van der Waals surface area contributed by atoms with E-state index in [0.717, 1.165) is 30.3 Å². The maximum atomic E-state index is 15.0. The Morgan fingerprint density at radius 1 is 1.08 bits per heavy atom. The van der Waals surface area contributed by atoms with E-state index in [0.29, 0.717) is 6.08 Å². The molecule has 1 aliphatic rings. The summed E-state index contributed by atoms with van der Waals surface area (Å²) < 4.78 is 93.8. The topological polar surface area (TPSA) is 58.2 Å². The van der Waals surface area contributed by atoms with Gasteiger partial charge in [-0.15, -0.1) is 0 Å². The normalized spacial score (nSPS) is 16.1. The van der Waals surface area contributed by atoms with Gasteiger partial charge >= 0.3 is 14.4 Å². The number of halogens is 10. The molecule has 2 amide bonds. The van der Waals surface area contributed by atoms with Crippen molar-refractivity contribution < 1.29 is 39.7 Å². The third-order valence-corrected chi connectivity index (χ3v) is 7.45. The maximum absolute atomic E-state index is 15.0. The van der Waals surface area contributed by atoms with Crippen molar-refractivity contribution in [2.75, 3.05) is 6.29 Å². The molecule has 0 bridgehead atoms. The van der Waals surface area contributed by atoms with Gasteiger partial charge in [0.25, 0.3) is 5.91 Å². The highest BCUT2D eigenvalue weighted by Gasteiger charge is 2.53. The SMILES string of the molecule is Cc1cc(/C(F)=C/C(c2cc(Cl)c(Cl)c(Cl)c2)C(F)(F)F)ccc1C(=O)NC1(C(=O)NC[P+](F)(F)F)CC1. The van der Waals surface area contributed by atoms with Gasteiger partial charge in [0, 0.05) is 23.7 Å². The minimum Gasteiger partial charge on any atom is -0.338 e. The summed E-state index contributed by atoms with van der Waals surface area (Å²) in [6.07, 6.45) is -5.77. The summed E-state index contributed by atoms with van der Waals surface area (Å²) in [6.45, 7) is 1.39. The number of hydrogen-bond donors (Lipinski definition) is 2. The van der Waals surface area contributed by atoms with Crippen molar-refractivity contribution in [3.63, 3.8) is 0 Å². The second kappa shape index (κ2) is 11.2. The van der Waals surface area contributed by atoms with Crippen molar-refractivity contribution in [2.24, 2.45) is 0 Å². The summed E-state index contributed by atoms with van der Waals surface area (Å²) in [4.78, 5) is 24.8. The molecule has 4 nitrogen and oxygen atoms in total. The van der Waals surface area contributed by atoms with Gasteiger partial charge in [0.1, 0.15) is 17.3 Å². The number of carbonyl (C=O) groups excluding carboxylic acids is 2. The van der Waals surface area contributed by atoms with Gasteiger partial charge < -0.3 is 10.6 Å². The third kappa shape index (κ3) is 7.31. The molecule has 2 N–H and O–H groups in total. The summed E-state index contributed by atoms with van der Waals surface area (Å²) in [7, 11) is -5.75. The first-order valence-corrected chi connectivity index (χ1v) is 13.5. The van der Waals surface area contributed by atoms with Crippen LogP contribution in [0.3, 0.4) is 0 Å². The minimum absolute atomic E-state index is 0.0346. The van der Waals surface area contributed by atoms with Crippen LogP contribution in [0.4, 0.5) is 30.2 Å². The molecule has 0 radical (unpaired) electrons. The van der Waals surface area contributed by atoms with Crippen LogP contribution in [0.5, 0.6) is 0 Å². The van der Waals surface area contributed by atoms with E-state index in [1.165, 1.54) is 6.92 Å². The van der Waals surface area contributed by atoms with E-state index in [-0.39, 0.29) is 44.6 Å². The van der Waals surface area contributed by atoms with Crippen LogP contribution in [0.25, 0.3) is 5.83 Å². The van der Waals surface area contributed by atoms with Gasteiger partial charge in [0.05, 0.1) is 15.1 Å². The van der Waals surface area contributed by atoms with E-state index >= 15 is 0 Å². The Morgan fingerprint density at radius 3 is 2.13 bits per heavy atom.